The van der Waals surface area contributed by atoms with Gasteiger partial charge in [-0.25, -0.2) is 9.78 Å². The maximum atomic E-state index is 12.8. The number of alkyl halides is 3. The molecule has 0 saturated carbocycles. The van der Waals surface area contributed by atoms with Gasteiger partial charge in [-0.15, -0.1) is 0 Å². The van der Waals surface area contributed by atoms with E-state index in [4.69, 9.17) is 9.47 Å². The number of nitrogens with one attached hydrogen (secondary N) is 1. The summed E-state index contributed by atoms with van der Waals surface area (Å²) in [6.45, 7) is 1.64. The van der Waals surface area contributed by atoms with Crippen LogP contribution in [0.2, 0.25) is 0 Å². The summed E-state index contributed by atoms with van der Waals surface area (Å²) in [5, 5.41) is 2.69. The molecule has 0 atom stereocenters. The van der Waals surface area contributed by atoms with Crippen LogP contribution in [0.3, 0.4) is 0 Å². The van der Waals surface area contributed by atoms with Crippen molar-refractivity contribution in [2.24, 2.45) is 0 Å². The number of hydrogen-bond acceptors (Lipinski definition) is 5. The Morgan fingerprint density at radius 1 is 1.00 bits per heavy atom. The van der Waals surface area contributed by atoms with Crippen molar-refractivity contribution in [2.75, 3.05) is 18.5 Å². The van der Waals surface area contributed by atoms with Gasteiger partial charge in [0.05, 0.1) is 24.1 Å². The minimum atomic E-state index is -4.44. The molecule has 3 rings (SSSR count). The number of anilines is 1. The minimum Gasteiger partial charge on any atom is -0.466 e. The number of hydrogen-bond donors (Lipinski definition) is 1. The molecule has 1 heterocycles. The number of carbonyl (C=O) groups excluding carboxylic acids is 2. The summed E-state index contributed by atoms with van der Waals surface area (Å²) in [7, 11) is 0. The van der Waals surface area contributed by atoms with Crippen molar-refractivity contribution < 1.29 is 32.2 Å². The van der Waals surface area contributed by atoms with Crippen LogP contribution in [0.4, 0.5) is 18.9 Å². The number of nitrogens with zero attached hydrogens (tertiary/aromatic N) is 1. The molecule has 1 amide bonds. The summed E-state index contributed by atoms with van der Waals surface area (Å²) in [6.07, 6.45) is -3.08. The van der Waals surface area contributed by atoms with E-state index in [1.807, 2.05) is 0 Å². The lowest BCUT2D eigenvalue weighted by Gasteiger charge is -2.12. The Labute approximate surface area is 182 Å². The Balaban J connectivity index is 1.72. The lowest BCUT2D eigenvalue weighted by Crippen LogP contribution is -2.15. The standard InChI is InChI=1S/C23H19F3N2O4/c1-2-31-21(29)14-32-20-12-11-17(13-27-20)28-22(30)19-6-4-3-5-18(19)15-7-9-16(10-8-15)23(24,25)26/h3-13H,2,14H2,1H3,(H,28,30). The van der Waals surface area contributed by atoms with Crippen molar-refractivity contribution in [1.82, 2.24) is 4.98 Å². The molecule has 3 aromatic rings. The number of halogens is 3. The summed E-state index contributed by atoms with van der Waals surface area (Å²) >= 11 is 0. The molecule has 0 aliphatic heterocycles. The van der Waals surface area contributed by atoms with Crippen molar-refractivity contribution in [3.63, 3.8) is 0 Å². The molecule has 32 heavy (non-hydrogen) atoms. The van der Waals surface area contributed by atoms with Crippen LogP contribution < -0.4 is 10.1 Å². The molecule has 166 valence electrons. The van der Waals surface area contributed by atoms with Crippen molar-refractivity contribution in [1.29, 1.82) is 0 Å². The van der Waals surface area contributed by atoms with Gasteiger partial charge in [0.1, 0.15) is 0 Å². The lowest BCUT2D eigenvalue weighted by atomic mass is 9.98. The summed E-state index contributed by atoms with van der Waals surface area (Å²) in [5.74, 6) is -0.796. The fourth-order valence-corrected chi connectivity index (χ4v) is 2.85. The second-order valence-electron chi connectivity index (χ2n) is 6.55. The molecule has 0 spiro atoms. The van der Waals surface area contributed by atoms with Crippen LogP contribution in [0.1, 0.15) is 22.8 Å². The first-order valence-electron chi connectivity index (χ1n) is 9.60. The monoisotopic (exact) mass is 444 g/mol. The second kappa shape index (κ2) is 9.95. The van der Waals surface area contributed by atoms with E-state index in [0.29, 0.717) is 16.8 Å². The van der Waals surface area contributed by atoms with Crippen LogP contribution in [0, 0.1) is 0 Å². The lowest BCUT2D eigenvalue weighted by molar-refractivity contribution is -0.145. The van der Waals surface area contributed by atoms with Gasteiger partial charge in [-0.3, -0.25) is 4.79 Å². The molecule has 0 unspecified atom stereocenters. The van der Waals surface area contributed by atoms with E-state index in [1.165, 1.54) is 24.4 Å². The quantitative estimate of drug-likeness (QED) is 0.521. The van der Waals surface area contributed by atoms with Crippen LogP contribution in [0.15, 0.2) is 66.9 Å². The first-order chi connectivity index (χ1) is 15.3. The van der Waals surface area contributed by atoms with Gasteiger partial charge in [-0.2, -0.15) is 13.2 Å². The zero-order chi connectivity index (χ0) is 23.1. The third-order valence-corrected chi connectivity index (χ3v) is 4.33. The molecule has 0 aliphatic carbocycles. The predicted octanol–water partition coefficient (Wildman–Crippen LogP) is 4.96. The topological polar surface area (TPSA) is 77.5 Å². The van der Waals surface area contributed by atoms with Crippen LogP contribution in [0.25, 0.3) is 11.1 Å². The van der Waals surface area contributed by atoms with E-state index in [-0.39, 0.29) is 24.7 Å². The Hall–Kier alpha value is -3.88. The van der Waals surface area contributed by atoms with Gasteiger partial charge >= 0.3 is 12.1 Å². The number of ether oxygens (including phenoxy) is 2. The molecule has 6 nitrogen and oxygen atoms in total. The minimum absolute atomic E-state index is 0.182. The number of rotatable bonds is 7. The zero-order valence-corrected chi connectivity index (χ0v) is 17.0. The number of pyridine rings is 1. The number of amides is 1. The molecule has 1 aromatic heterocycles. The van der Waals surface area contributed by atoms with Gasteiger partial charge in [0.2, 0.25) is 5.88 Å². The molecule has 1 N–H and O–H groups in total. The van der Waals surface area contributed by atoms with E-state index >= 15 is 0 Å². The van der Waals surface area contributed by atoms with Crippen molar-refractivity contribution in [2.45, 2.75) is 13.1 Å². The maximum Gasteiger partial charge on any atom is 0.416 e. The summed E-state index contributed by atoms with van der Waals surface area (Å²) in [6, 6.07) is 14.2. The molecule has 0 fully saturated rings. The van der Waals surface area contributed by atoms with Crippen molar-refractivity contribution in [3.8, 4) is 17.0 Å². The predicted molar refractivity (Wildman–Crippen MR) is 111 cm³/mol. The molecule has 9 heteroatoms. The van der Waals surface area contributed by atoms with E-state index in [0.717, 1.165) is 12.1 Å². The van der Waals surface area contributed by atoms with Gasteiger partial charge in [0, 0.05) is 11.6 Å². The average molecular weight is 444 g/mol. The van der Waals surface area contributed by atoms with Crippen molar-refractivity contribution in [3.05, 3.63) is 78.0 Å². The fourth-order valence-electron chi connectivity index (χ4n) is 2.85. The number of esters is 1. The first-order valence-corrected chi connectivity index (χ1v) is 9.60. The first kappa shape index (κ1) is 22.8. The van der Waals surface area contributed by atoms with E-state index in [1.54, 1.807) is 37.3 Å². The Morgan fingerprint density at radius 2 is 1.72 bits per heavy atom. The highest BCUT2D eigenvalue weighted by Crippen LogP contribution is 2.32. The largest absolute Gasteiger partial charge is 0.466 e. The normalized spacial score (nSPS) is 11.0. The molecular weight excluding hydrogens is 425 g/mol. The van der Waals surface area contributed by atoms with Gasteiger partial charge in [0.25, 0.3) is 5.91 Å². The third kappa shape index (κ3) is 5.84. The van der Waals surface area contributed by atoms with Crippen LogP contribution >= 0.6 is 0 Å². The summed E-state index contributed by atoms with van der Waals surface area (Å²) in [4.78, 5) is 28.1. The number of benzene rings is 2. The van der Waals surface area contributed by atoms with Gasteiger partial charge in [-0.05, 0) is 42.3 Å². The Bertz CT molecular complexity index is 1080. The van der Waals surface area contributed by atoms with Crippen LogP contribution in [-0.4, -0.2) is 30.1 Å². The summed E-state index contributed by atoms with van der Waals surface area (Å²) in [5.41, 5.74) is 0.862. The molecule has 0 aliphatic rings. The number of carbonyl (C=O) groups is 2. The van der Waals surface area contributed by atoms with Gasteiger partial charge < -0.3 is 14.8 Å². The zero-order valence-electron chi connectivity index (χ0n) is 17.0. The van der Waals surface area contributed by atoms with E-state index in [2.05, 4.69) is 10.3 Å². The van der Waals surface area contributed by atoms with Crippen LogP contribution in [0.5, 0.6) is 5.88 Å². The Kier molecular flexibility index (Phi) is 7.09. The van der Waals surface area contributed by atoms with Crippen LogP contribution in [-0.2, 0) is 15.7 Å². The maximum absolute atomic E-state index is 12.8. The average Bonchev–Trinajstić information content (AvgIpc) is 2.78. The SMILES string of the molecule is CCOC(=O)COc1ccc(NC(=O)c2ccccc2-c2ccc(C(F)(F)F)cc2)cn1. The Morgan fingerprint density at radius 3 is 2.34 bits per heavy atom. The fraction of sp³-hybridized carbons (Fsp3) is 0.174. The molecule has 0 bridgehead atoms. The molecule has 2 aromatic carbocycles. The van der Waals surface area contributed by atoms with E-state index < -0.39 is 23.6 Å². The van der Waals surface area contributed by atoms with Crippen molar-refractivity contribution >= 4 is 17.6 Å². The molecular formula is C23H19F3N2O4. The highest BCUT2D eigenvalue weighted by atomic mass is 19.4. The van der Waals surface area contributed by atoms with E-state index in [9.17, 15) is 22.8 Å². The van der Waals surface area contributed by atoms with Gasteiger partial charge in [0.15, 0.2) is 6.61 Å². The molecule has 0 radical (unpaired) electrons. The highest BCUT2D eigenvalue weighted by Gasteiger charge is 2.30. The molecule has 0 saturated heterocycles. The summed E-state index contributed by atoms with van der Waals surface area (Å²) < 4.78 is 48.4. The number of aromatic nitrogens is 1. The highest BCUT2D eigenvalue weighted by molar-refractivity contribution is 6.08. The third-order valence-electron chi connectivity index (χ3n) is 4.33. The second-order valence-corrected chi connectivity index (χ2v) is 6.55. The van der Waals surface area contributed by atoms with Gasteiger partial charge in [-0.1, -0.05) is 30.3 Å². The smallest absolute Gasteiger partial charge is 0.416 e.